The number of ether oxygens (including phenoxy) is 1. The van der Waals surface area contributed by atoms with E-state index in [1.54, 1.807) is 6.92 Å². The van der Waals surface area contributed by atoms with E-state index < -0.39 is 36.3 Å². The Hall–Kier alpha value is -1.48. The van der Waals surface area contributed by atoms with Crippen LogP contribution in [0.5, 0.6) is 0 Å². The number of nitrogens with zero attached hydrogens (tertiary/aromatic N) is 2. The van der Waals surface area contributed by atoms with Crippen molar-refractivity contribution in [3.05, 3.63) is 22.7 Å². The Balaban J connectivity index is 2.45. The summed E-state index contributed by atoms with van der Waals surface area (Å²) < 4.78 is 6.42. The number of rotatable bonds is 3. The summed E-state index contributed by atoms with van der Waals surface area (Å²) in [6.07, 6.45) is -1.89. The van der Waals surface area contributed by atoms with Gasteiger partial charge in [-0.25, -0.2) is 4.79 Å². The van der Waals surface area contributed by atoms with E-state index in [1.165, 1.54) is 12.3 Å². The summed E-state index contributed by atoms with van der Waals surface area (Å²) >= 11 is 0. The number of hydrogen-bond acceptors (Lipinski definition) is 7. The van der Waals surface area contributed by atoms with Crippen molar-refractivity contribution in [3.63, 3.8) is 0 Å². The Kier molecular flexibility index (Phi) is 3.59. The van der Waals surface area contributed by atoms with Gasteiger partial charge in [-0.1, -0.05) is 6.92 Å². The summed E-state index contributed by atoms with van der Waals surface area (Å²) in [5.41, 5.74) is 3.03. The van der Waals surface area contributed by atoms with E-state index in [4.69, 9.17) is 15.6 Å². The third-order valence-corrected chi connectivity index (χ3v) is 3.45. The molecule has 19 heavy (non-hydrogen) atoms. The van der Waals surface area contributed by atoms with E-state index >= 15 is 0 Å². The molecule has 1 fully saturated rings. The quantitative estimate of drug-likeness (QED) is 0.511. The monoisotopic (exact) mass is 271 g/mol. The predicted molar refractivity (Wildman–Crippen MR) is 65.2 cm³/mol. The van der Waals surface area contributed by atoms with E-state index in [2.05, 4.69) is 4.98 Å². The molecule has 1 saturated heterocycles. The van der Waals surface area contributed by atoms with Gasteiger partial charge in [-0.3, -0.25) is 4.57 Å². The summed E-state index contributed by atoms with van der Waals surface area (Å²) in [5.74, 6) is 0.0542. The van der Waals surface area contributed by atoms with Crippen LogP contribution in [0.1, 0.15) is 19.6 Å². The van der Waals surface area contributed by atoms with Gasteiger partial charge in [0.1, 0.15) is 23.6 Å². The van der Waals surface area contributed by atoms with Crippen molar-refractivity contribution in [2.24, 2.45) is 0 Å². The van der Waals surface area contributed by atoms with E-state index in [0.29, 0.717) is 0 Å². The molecule has 1 aromatic heterocycles. The smallest absolute Gasteiger partial charge is 0.351 e. The maximum atomic E-state index is 11.8. The minimum Gasteiger partial charge on any atom is -0.394 e. The fourth-order valence-corrected chi connectivity index (χ4v) is 2.26. The Morgan fingerprint density at radius 1 is 1.63 bits per heavy atom. The van der Waals surface area contributed by atoms with Gasteiger partial charge in [0.05, 0.1) is 6.61 Å². The van der Waals surface area contributed by atoms with E-state index in [1.807, 2.05) is 0 Å². The molecular weight excluding hydrogens is 254 g/mol. The van der Waals surface area contributed by atoms with Gasteiger partial charge in [0.2, 0.25) is 0 Å². The number of nitrogens with two attached hydrogens (primary N) is 1. The Morgan fingerprint density at radius 2 is 2.32 bits per heavy atom. The molecule has 0 bridgehead atoms. The maximum Gasteiger partial charge on any atom is 0.351 e. The summed E-state index contributed by atoms with van der Waals surface area (Å²) in [6.45, 7) is 1.19. The second-order valence-corrected chi connectivity index (χ2v) is 4.54. The third kappa shape index (κ3) is 2.12. The van der Waals surface area contributed by atoms with Crippen LogP contribution in [0.3, 0.4) is 0 Å². The zero-order valence-corrected chi connectivity index (χ0v) is 10.4. The van der Waals surface area contributed by atoms with Crippen LogP contribution in [0.4, 0.5) is 5.82 Å². The van der Waals surface area contributed by atoms with Gasteiger partial charge < -0.3 is 25.8 Å². The number of aliphatic hydroxyl groups excluding tert-OH is 2. The second-order valence-electron chi connectivity index (χ2n) is 4.54. The first-order valence-electron chi connectivity index (χ1n) is 5.95. The fraction of sp³-hybridized carbons (Fsp3) is 0.636. The highest BCUT2D eigenvalue weighted by atomic mass is 16.6. The van der Waals surface area contributed by atoms with Crippen molar-refractivity contribution in [2.75, 3.05) is 12.3 Å². The van der Waals surface area contributed by atoms with Crippen LogP contribution in [0.25, 0.3) is 0 Å². The first-order valence-corrected chi connectivity index (χ1v) is 5.95. The van der Waals surface area contributed by atoms with Crippen LogP contribution < -0.4 is 11.4 Å². The van der Waals surface area contributed by atoms with Crippen LogP contribution >= 0.6 is 0 Å². The van der Waals surface area contributed by atoms with Crippen molar-refractivity contribution in [2.45, 2.75) is 37.4 Å². The first kappa shape index (κ1) is 13.9. The molecule has 0 radical (unpaired) electrons. The van der Waals surface area contributed by atoms with Gasteiger partial charge in [-0.2, -0.15) is 4.98 Å². The van der Waals surface area contributed by atoms with Gasteiger partial charge in [0, 0.05) is 6.20 Å². The lowest BCUT2D eigenvalue weighted by Gasteiger charge is -2.30. The minimum atomic E-state index is -1.67. The van der Waals surface area contributed by atoms with Crippen LogP contribution in [0, 0.1) is 0 Å². The SMILES string of the molecule is CC[C@@]1(O)[C@H](O)[C@@H](CO)O[C@H]1n1ccc(N)nc1=O. The average Bonchev–Trinajstić information content (AvgIpc) is 2.63. The normalized spacial score (nSPS) is 34.6. The number of aromatic nitrogens is 2. The van der Waals surface area contributed by atoms with Gasteiger partial charge in [0.25, 0.3) is 0 Å². The molecule has 1 aromatic rings. The molecule has 0 saturated carbocycles. The number of anilines is 1. The molecule has 2 rings (SSSR count). The maximum absolute atomic E-state index is 11.8. The Morgan fingerprint density at radius 3 is 2.84 bits per heavy atom. The number of aliphatic hydroxyl groups is 3. The van der Waals surface area contributed by atoms with Crippen LogP contribution in [0.2, 0.25) is 0 Å². The van der Waals surface area contributed by atoms with Crippen molar-refractivity contribution < 1.29 is 20.1 Å². The van der Waals surface area contributed by atoms with E-state index in [-0.39, 0.29) is 12.2 Å². The molecule has 0 aromatic carbocycles. The van der Waals surface area contributed by atoms with E-state index in [0.717, 1.165) is 4.57 Å². The molecule has 106 valence electrons. The van der Waals surface area contributed by atoms with Gasteiger partial charge in [-0.05, 0) is 12.5 Å². The fourth-order valence-electron chi connectivity index (χ4n) is 2.26. The molecule has 1 aliphatic heterocycles. The largest absolute Gasteiger partial charge is 0.394 e. The van der Waals surface area contributed by atoms with Crippen molar-refractivity contribution >= 4 is 5.82 Å². The van der Waals surface area contributed by atoms with Crippen LogP contribution in [-0.4, -0.2) is 49.3 Å². The summed E-state index contributed by atoms with van der Waals surface area (Å²) in [6, 6.07) is 1.39. The van der Waals surface area contributed by atoms with Crippen molar-refractivity contribution in [3.8, 4) is 0 Å². The highest BCUT2D eigenvalue weighted by molar-refractivity contribution is 5.23. The highest BCUT2D eigenvalue weighted by Gasteiger charge is 2.55. The molecule has 0 spiro atoms. The third-order valence-electron chi connectivity index (χ3n) is 3.45. The predicted octanol–water partition coefficient (Wildman–Crippen LogP) is -1.78. The van der Waals surface area contributed by atoms with E-state index in [9.17, 15) is 15.0 Å². The van der Waals surface area contributed by atoms with Crippen molar-refractivity contribution in [1.29, 1.82) is 0 Å². The molecule has 8 nitrogen and oxygen atoms in total. The molecule has 0 aliphatic carbocycles. The molecular formula is C11H17N3O5. The van der Waals surface area contributed by atoms with Gasteiger partial charge in [-0.15, -0.1) is 0 Å². The molecule has 0 unspecified atom stereocenters. The van der Waals surface area contributed by atoms with Crippen LogP contribution in [0.15, 0.2) is 17.1 Å². The molecule has 5 N–H and O–H groups in total. The van der Waals surface area contributed by atoms with Crippen LogP contribution in [-0.2, 0) is 4.74 Å². The molecule has 8 heteroatoms. The van der Waals surface area contributed by atoms with Gasteiger partial charge >= 0.3 is 5.69 Å². The number of nitrogen functional groups attached to an aromatic ring is 1. The summed E-state index contributed by atoms with van der Waals surface area (Å²) in [7, 11) is 0. The zero-order valence-electron chi connectivity index (χ0n) is 10.4. The summed E-state index contributed by atoms with van der Waals surface area (Å²) in [4.78, 5) is 15.3. The molecule has 4 atom stereocenters. The topological polar surface area (TPSA) is 131 Å². The molecule has 0 amide bonds. The molecule has 2 heterocycles. The average molecular weight is 271 g/mol. The Labute approximate surface area is 109 Å². The first-order chi connectivity index (χ1) is 8.93. The lowest BCUT2D eigenvalue weighted by Crippen LogP contribution is -2.48. The lowest BCUT2D eigenvalue weighted by molar-refractivity contribution is -0.112. The second kappa shape index (κ2) is 4.89. The Bertz CT molecular complexity index is 519. The minimum absolute atomic E-state index is 0.0542. The standard InChI is InChI=1S/C11H17N3O5/c1-2-11(18)8(16)6(5-15)19-9(11)14-4-3-7(12)13-10(14)17/h3-4,6,8-9,15-16,18H,2,5H2,1H3,(H2,12,13,17)/t6-,8-,9-,11-/m1/s1. The van der Waals surface area contributed by atoms with Crippen molar-refractivity contribution in [1.82, 2.24) is 9.55 Å². The lowest BCUT2D eigenvalue weighted by atomic mass is 9.91. The zero-order chi connectivity index (χ0) is 14.2. The molecule has 1 aliphatic rings. The van der Waals surface area contributed by atoms with Gasteiger partial charge in [0.15, 0.2) is 6.23 Å². The highest BCUT2D eigenvalue weighted by Crippen LogP contribution is 2.39. The number of hydrogen-bond donors (Lipinski definition) is 4. The summed E-state index contributed by atoms with van der Waals surface area (Å²) in [5, 5.41) is 29.6.